The molecular formula is C10H12FNOS. The molecule has 0 saturated heterocycles. The topological polar surface area (TPSA) is 29.1 Å². The zero-order valence-electron chi connectivity index (χ0n) is 8.13. The Kier molecular flexibility index (Phi) is 2.31. The van der Waals surface area contributed by atoms with E-state index in [4.69, 9.17) is 0 Å². The number of nitrogens with one attached hydrogen (secondary N) is 1. The molecule has 1 aliphatic rings. The first-order chi connectivity index (χ1) is 6.59. The lowest BCUT2D eigenvalue weighted by Gasteiger charge is -2.09. The van der Waals surface area contributed by atoms with Crippen LogP contribution in [-0.4, -0.2) is 4.21 Å². The molecule has 1 heterocycles. The zero-order valence-corrected chi connectivity index (χ0v) is 8.95. The van der Waals surface area contributed by atoms with Gasteiger partial charge in [-0.3, -0.25) is 0 Å². The van der Waals surface area contributed by atoms with Crippen molar-refractivity contribution in [3.63, 3.8) is 0 Å². The maximum absolute atomic E-state index is 13.8. The van der Waals surface area contributed by atoms with Gasteiger partial charge in [0.25, 0.3) is 0 Å². The minimum absolute atomic E-state index is 0.161. The fourth-order valence-electron chi connectivity index (χ4n) is 1.61. The van der Waals surface area contributed by atoms with E-state index in [1.165, 1.54) is 0 Å². The maximum atomic E-state index is 13.8. The Labute approximate surface area is 85.1 Å². The van der Waals surface area contributed by atoms with Crippen LogP contribution in [0.2, 0.25) is 0 Å². The van der Waals surface area contributed by atoms with Gasteiger partial charge < -0.3 is 4.72 Å². The quantitative estimate of drug-likeness (QED) is 0.763. The molecule has 2 rings (SSSR count). The minimum Gasteiger partial charge on any atom is -0.304 e. The fraction of sp³-hybridized carbons (Fsp3) is 0.400. The Morgan fingerprint density at radius 2 is 2.21 bits per heavy atom. The van der Waals surface area contributed by atoms with Crippen molar-refractivity contribution in [1.29, 1.82) is 0 Å². The van der Waals surface area contributed by atoms with E-state index < -0.39 is 11.0 Å². The molecule has 1 aromatic rings. The molecule has 76 valence electrons. The number of benzene rings is 1. The molecule has 1 aromatic carbocycles. The predicted octanol–water partition coefficient (Wildman–Crippen LogP) is 2.54. The normalized spacial score (nSPS) is 19.6. The van der Waals surface area contributed by atoms with E-state index in [0.29, 0.717) is 16.8 Å². The van der Waals surface area contributed by atoms with Crippen LogP contribution >= 0.6 is 0 Å². The largest absolute Gasteiger partial charge is 0.304 e. The van der Waals surface area contributed by atoms with Gasteiger partial charge in [0.1, 0.15) is 16.8 Å². The van der Waals surface area contributed by atoms with Gasteiger partial charge in [-0.25, -0.2) is 8.60 Å². The maximum Gasteiger partial charge on any atom is 0.132 e. The number of anilines is 1. The number of rotatable bonds is 1. The molecule has 0 bridgehead atoms. The van der Waals surface area contributed by atoms with Crippen molar-refractivity contribution in [2.45, 2.75) is 25.5 Å². The molecule has 0 saturated carbocycles. The van der Waals surface area contributed by atoms with E-state index in [1.54, 1.807) is 12.1 Å². The monoisotopic (exact) mass is 213 g/mol. The third-order valence-corrected chi connectivity index (χ3v) is 3.39. The van der Waals surface area contributed by atoms with E-state index in [1.807, 2.05) is 13.8 Å². The van der Waals surface area contributed by atoms with Crippen LogP contribution in [0, 0.1) is 5.82 Å². The van der Waals surface area contributed by atoms with Crippen molar-refractivity contribution in [2.24, 2.45) is 0 Å². The van der Waals surface area contributed by atoms with Crippen LogP contribution in [-0.2, 0) is 16.7 Å². The van der Waals surface area contributed by atoms with Gasteiger partial charge in [0.2, 0.25) is 0 Å². The Morgan fingerprint density at radius 3 is 2.86 bits per heavy atom. The van der Waals surface area contributed by atoms with Gasteiger partial charge in [-0.2, -0.15) is 0 Å². The molecule has 2 nitrogen and oxygen atoms in total. The molecule has 1 atom stereocenters. The van der Waals surface area contributed by atoms with Crippen LogP contribution in [0.1, 0.15) is 30.9 Å². The molecule has 0 aliphatic carbocycles. The van der Waals surface area contributed by atoms with E-state index >= 15 is 0 Å². The first kappa shape index (κ1) is 9.65. The van der Waals surface area contributed by atoms with Crippen molar-refractivity contribution in [2.75, 3.05) is 4.72 Å². The second-order valence-electron chi connectivity index (χ2n) is 3.74. The molecule has 0 radical (unpaired) electrons. The van der Waals surface area contributed by atoms with Crippen LogP contribution in [0.3, 0.4) is 0 Å². The standard InChI is InChI=1S/C10H12FNOS/c1-6(2)7-3-4-9-8(10(7)11)5-14(13)12-9/h3-4,6,12H,5H2,1-2H3. The lowest BCUT2D eigenvalue weighted by Crippen LogP contribution is -1.96. The molecule has 4 heteroatoms. The number of fused-ring (bicyclic) bond motifs is 1. The average Bonchev–Trinajstić information content (AvgIpc) is 2.46. The first-order valence-electron chi connectivity index (χ1n) is 4.56. The lowest BCUT2D eigenvalue weighted by atomic mass is 9.99. The van der Waals surface area contributed by atoms with Crippen molar-refractivity contribution >= 4 is 16.7 Å². The number of halogens is 1. The molecule has 0 amide bonds. The van der Waals surface area contributed by atoms with Crippen molar-refractivity contribution < 1.29 is 8.60 Å². The number of hydrogen-bond donors (Lipinski definition) is 1. The van der Waals surface area contributed by atoms with Gasteiger partial charge >= 0.3 is 0 Å². The zero-order chi connectivity index (χ0) is 10.3. The molecule has 14 heavy (non-hydrogen) atoms. The van der Waals surface area contributed by atoms with Crippen molar-refractivity contribution in [3.05, 3.63) is 29.1 Å². The minimum atomic E-state index is -1.14. The summed E-state index contributed by atoms with van der Waals surface area (Å²) in [4.78, 5) is 0. The van der Waals surface area contributed by atoms with Gasteiger partial charge in [0.05, 0.1) is 11.4 Å². The van der Waals surface area contributed by atoms with E-state index in [-0.39, 0.29) is 17.5 Å². The summed E-state index contributed by atoms with van der Waals surface area (Å²) in [5, 5.41) is 0. The lowest BCUT2D eigenvalue weighted by molar-refractivity contribution is 0.589. The van der Waals surface area contributed by atoms with Crippen LogP contribution in [0.5, 0.6) is 0 Å². The summed E-state index contributed by atoms with van der Waals surface area (Å²) < 4.78 is 27.7. The summed E-state index contributed by atoms with van der Waals surface area (Å²) in [6, 6.07) is 3.56. The highest BCUT2D eigenvalue weighted by molar-refractivity contribution is 7.86. The van der Waals surface area contributed by atoms with Crippen LogP contribution in [0.4, 0.5) is 10.1 Å². The molecule has 0 spiro atoms. The molecule has 0 fully saturated rings. The molecule has 1 unspecified atom stereocenters. The summed E-state index contributed by atoms with van der Waals surface area (Å²) in [6.45, 7) is 3.90. The Hall–Kier alpha value is -0.900. The molecule has 0 aromatic heterocycles. The van der Waals surface area contributed by atoms with Crippen LogP contribution < -0.4 is 4.72 Å². The van der Waals surface area contributed by atoms with Crippen LogP contribution in [0.15, 0.2) is 12.1 Å². The highest BCUT2D eigenvalue weighted by atomic mass is 32.2. The Bertz CT molecular complexity index is 403. The molecule has 1 aliphatic heterocycles. The third-order valence-electron chi connectivity index (χ3n) is 2.39. The SMILES string of the molecule is CC(C)c1ccc2c(c1F)CS(=O)N2. The van der Waals surface area contributed by atoms with E-state index in [9.17, 15) is 8.60 Å². The van der Waals surface area contributed by atoms with E-state index in [2.05, 4.69) is 4.72 Å². The Balaban J connectivity index is 2.53. The van der Waals surface area contributed by atoms with Gasteiger partial charge in [-0.1, -0.05) is 19.9 Å². The van der Waals surface area contributed by atoms with Gasteiger partial charge in [-0.15, -0.1) is 0 Å². The Morgan fingerprint density at radius 1 is 1.50 bits per heavy atom. The second-order valence-corrected chi connectivity index (χ2v) is 4.93. The summed E-state index contributed by atoms with van der Waals surface area (Å²) in [5.41, 5.74) is 1.93. The third kappa shape index (κ3) is 1.43. The summed E-state index contributed by atoms with van der Waals surface area (Å²) in [6.07, 6.45) is 0. The highest BCUT2D eigenvalue weighted by Crippen LogP contribution is 2.31. The summed E-state index contributed by atoms with van der Waals surface area (Å²) in [7, 11) is -1.14. The summed E-state index contributed by atoms with van der Waals surface area (Å²) in [5.74, 6) is 0.243. The van der Waals surface area contributed by atoms with Crippen molar-refractivity contribution in [3.8, 4) is 0 Å². The first-order valence-corrected chi connectivity index (χ1v) is 5.87. The molecule has 1 N–H and O–H groups in total. The van der Waals surface area contributed by atoms with Gasteiger partial charge in [0.15, 0.2) is 0 Å². The van der Waals surface area contributed by atoms with Gasteiger partial charge in [0, 0.05) is 5.56 Å². The average molecular weight is 213 g/mol. The highest BCUT2D eigenvalue weighted by Gasteiger charge is 2.22. The second kappa shape index (κ2) is 3.35. The fourth-order valence-corrected chi connectivity index (χ4v) is 2.66. The van der Waals surface area contributed by atoms with Crippen molar-refractivity contribution in [1.82, 2.24) is 0 Å². The number of hydrogen-bond acceptors (Lipinski definition) is 1. The summed E-state index contributed by atoms with van der Waals surface area (Å²) >= 11 is 0. The van der Waals surface area contributed by atoms with E-state index in [0.717, 1.165) is 0 Å². The predicted molar refractivity (Wildman–Crippen MR) is 56.0 cm³/mol. The molecular weight excluding hydrogens is 201 g/mol. The smallest absolute Gasteiger partial charge is 0.132 e. The van der Waals surface area contributed by atoms with Crippen LogP contribution in [0.25, 0.3) is 0 Å². The van der Waals surface area contributed by atoms with Gasteiger partial charge in [-0.05, 0) is 17.5 Å².